The number of nitrogens with zero attached hydrogens (tertiary/aromatic N) is 1. The molecule has 1 unspecified atom stereocenters. The molecule has 2 aromatic rings. The third-order valence-electron chi connectivity index (χ3n) is 6.21. The number of methoxy groups -OCH3 is 1. The summed E-state index contributed by atoms with van der Waals surface area (Å²) in [5.41, 5.74) is 3.60. The highest BCUT2D eigenvalue weighted by Gasteiger charge is 2.42. The number of nitrogens with one attached hydrogen (secondary N) is 1. The first kappa shape index (κ1) is 18.3. The number of carbonyl (C=O) groups excluding carboxylic acids is 1. The molecule has 5 heteroatoms. The fraction of sp³-hybridized carbons (Fsp3) is 0.500. The average molecular weight is 368 g/mol. The molecule has 1 aromatic carbocycles. The van der Waals surface area contributed by atoms with Gasteiger partial charge < -0.3 is 19.4 Å². The summed E-state index contributed by atoms with van der Waals surface area (Å²) >= 11 is 0. The summed E-state index contributed by atoms with van der Waals surface area (Å²) in [6.45, 7) is 2.86. The minimum atomic E-state index is 0.111. The first-order valence-electron chi connectivity index (χ1n) is 9.86. The fourth-order valence-corrected chi connectivity index (χ4v) is 4.70. The number of rotatable bonds is 5. The standard InChI is InChI=1S/C22H28N2O3/c1-26-15-16-27-20-8-9-22(18-6-3-2-5-17(18)20)10-13-24(14-11-22)21(25)19-7-4-12-23-19/h2-7,12,20,23H,8-11,13-16H2,1H3. The number of likely N-dealkylation sites (tertiary alicyclic amines) is 1. The Bertz CT molecular complexity index is 764. The number of hydrogen-bond acceptors (Lipinski definition) is 3. The van der Waals surface area contributed by atoms with E-state index in [4.69, 9.17) is 9.47 Å². The number of carbonyl (C=O) groups is 1. The van der Waals surface area contributed by atoms with Gasteiger partial charge in [0, 0.05) is 26.4 Å². The molecular formula is C22H28N2O3. The molecule has 0 bridgehead atoms. The van der Waals surface area contributed by atoms with Crippen LogP contribution in [-0.2, 0) is 14.9 Å². The Kier molecular flexibility index (Phi) is 5.32. The van der Waals surface area contributed by atoms with Crippen LogP contribution in [0.4, 0.5) is 0 Å². The van der Waals surface area contributed by atoms with Gasteiger partial charge in [0.2, 0.25) is 0 Å². The van der Waals surface area contributed by atoms with Crippen LogP contribution in [0, 0.1) is 0 Å². The maximum Gasteiger partial charge on any atom is 0.270 e. The third-order valence-corrected chi connectivity index (χ3v) is 6.21. The molecule has 1 N–H and O–H groups in total. The number of hydrogen-bond donors (Lipinski definition) is 1. The molecule has 4 rings (SSSR count). The molecule has 1 aromatic heterocycles. The Hall–Kier alpha value is -2.11. The molecule has 1 saturated heterocycles. The number of piperidine rings is 1. The van der Waals surface area contributed by atoms with Gasteiger partial charge in [0.05, 0.1) is 19.3 Å². The maximum atomic E-state index is 12.6. The predicted octanol–water partition coefficient (Wildman–Crippen LogP) is 3.69. The Morgan fingerprint density at radius 1 is 1.15 bits per heavy atom. The zero-order valence-corrected chi connectivity index (χ0v) is 15.9. The lowest BCUT2D eigenvalue weighted by molar-refractivity contribution is -0.00273. The minimum absolute atomic E-state index is 0.111. The van der Waals surface area contributed by atoms with Gasteiger partial charge in [-0.1, -0.05) is 24.3 Å². The molecule has 2 aliphatic rings. The lowest BCUT2D eigenvalue weighted by Gasteiger charge is -2.47. The van der Waals surface area contributed by atoms with Crippen LogP contribution in [0.5, 0.6) is 0 Å². The highest BCUT2D eigenvalue weighted by Crippen LogP contribution is 2.48. The highest BCUT2D eigenvalue weighted by atomic mass is 16.5. The quantitative estimate of drug-likeness (QED) is 0.819. The summed E-state index contributed by atoms with van der Waals surface area (Å²) in [7, 11) is 1.70. The van der Waals surface area contributed by atoms with Crippen molar-refractivity contribution >= 4 is 5.91 Å². The van der Waals surface area contributed by atoms with Crippen LogP contribution < -0.4 is 0 Å². The van der Waals surface area contributed by atoms with E-state index in [0.29, 0.717) is 18.9 Å². The Morgan fingerprint density at radius 2 is 1.96 bits per heavy atom. The van der Waals surface area contributed by atoms with Crippen LogP contribution in [0.15, 0.2) is 42.6 Å². The second-order valence-electron chi connectivity index (χ2n) is 7.63. The van der Waals surface area contributed by atoms with Crippen molar-refractivity contribution in [1.29, 1.82) is 0 Å². The van der Waals surface area contributed by atoms with E-state index in [9.17, 15) is 4.79 Å². The summed E-state index contributed by atoms with van der Waals surface area (Å²) < 4.78 is 11.2. The van der Waals surface area contributed by atoms with Gasteiger partial charge in [-0.05, 0) is 54.4 Å². The molecule has 0 radical (unpaired) electrons. The molecule has 144 valence electrons. The van der Waals surface area contributed by atoms with Gasteiger partial charge in [0.25, 0.3) is 5.91 Å². The monoisotopic (exact) mass is 368 g/mol. The van der Waals surface area contributed by atoms with Crippen molar-refractivity contribution in [3.8, 4) is 0 Å². The zero-order valence-electron chi connectivity index (χ0n) is 15.9. The molecule has 1 spiro atoms. The third kappa shape index (κ3) is 3.54. The van der Waals surface area contributed by atoms with Crippen molar-refractivity contribution in [2.75, 3.05) is 33.4 Å². The van der Waals surface area contributed by atoms with E-state index in [-0.39, 0.29) is 17.4 Å². The van der Waals surface area contributed by atoms with Crippen LogP contribution in [0.25, 0.3) is 0 Å². The smallest absolute Gasteiger partial charge is 0.270 e. The molecule has 1 atom stereocenters. The van der Waals surface area contributed by atoms with Gasteiger partial charge in [0.15, 0.2) is 0 Å². The second kappa shape index (κ2) is 7.87. The van der Waals surface area contributed by atoms with Gasteiger partial charge in [0.1, 0.15) is 5.69 Å². The molecule has 5 nitrogen and oxygen atoms in total. The predicted molar refractivity (Wildman–Crippen MR) is 104 cm³/mol. The molecule has 2 heterocycles. The first-order valence-corrected chi connectivity index (χ1v) is 9.86. The van der Waals surface area contributed by atoms with E-state index in [1.165, 1.54) is 11.1 Å². The number of ether oxygens (including phenoxy) is 2. The van der Waals surface area contributed by atoms with E-state index < -0.39 is 0 Å². The fourth-order valence-electron chi connectivity index (χ4n) is 4.70. The molecule has 1 fully saturated rings. The summed E-state index contributed by atoms with van der Waals surface area (Å²) in [6.07, 6.45) is 6.14. The number of fused-ring (bicyclic) bond motifs is 2. The maximum absolute atomic E-state index is 12.6. The van der Waals surface area contributed by atoms with Crippen LogP contribution in [0.2, 0.25) is 0 Å². The number of benzene rings is 1. The van der Waals surface area contributed by atoms with Crippen molar-refractivity contribution < 1.29 is 14.3 Å². The number of H-pyrrole nitrogens is 1. The molecule has 1 amide bonds. The lowest BCUT2D eigenvalue weighted by atomic mass is 9.64. The Morgan fingerprint density at radius 3 is 2.70 bits per heavy atom. The lowest BCUT2D eigenvalue weighted by Crippen LogP contribution is -2.47. The van der Waals surface area contributed by atoms with E-state index in [1.807, 2.05) is 17.0 Å². The number of amides is 1. The van der Waals surface area contributed by atoms with E-state index >= 15 is 0 Å². The highest BCUT2D eigenvalue weighted by molar-refractivity contribution is 5.92. The van der Waals surface area contributed by atoms with Crippen LogP contribution in [-0.4, -0.2) is 49.2 Å². The van der Waals surface area contributed by atoms with E-state index in [0.717, 1.165) is 38.8 Å². The minimum Gasteiger partial charge on any atom is -0.382 e. The number of aromatic nitrogens is 1. The molecule has 1 aliphatic heterocycles. The van der Waals surface area contributed by atoms with Gasteiger partial charge >= 0.3 is 0 Å². The van der Waals surface area contributed by atoms with Gasteiger partial charge in [-0.3, -0.25) is 4.79 Å². The molecule has 0 saturated carbocycles. The van der Waals surface area contributed by atoms with Crippen LogP contribution in [0.3, 0.4) is 0 Å². The molecule has 1 aliphatic carbocycles. The SMILES string of the molecule is COCCOC1CCC2(CCN(C(=O)c3ccc[nH]3)CC2)c2ccccc21. The van der Waals surface area contributed by atoms with Crippen molar-refractivity contribution in [3.63, 3.8) is 0 Å². The van der Waals surface area contributed by atoms with Crippen LogP contribution in [0.1, 0.15) is 53.4 Å². The zero-order chi connectivity index (χ0) is 18.7. The summed E-state index contributed by atoms with van der Waals surface area (Å²) in [5, 5.41) is 0. The Labute approximate surface area is 160 Å². The van der Waals surface area contributed by atoms with E-state index in [1.54, 1.807) is 13.3 Å². The van der Waals surface area contributed by atoms with Gasteiger partial charge in [-0.25, -0.2) is 0 Å². The van der Waals surface area contributed by atoms with Crippen LogP contribution >= 0.6 is 0 Å². The van der Waals surface area contributed by atoms with Crippen molar-refractivity contribution in [1.82, 2.24) is 9.88 Å². The Balaban J connectivity index is 1.49. The number of aromatic amines is 1. The van der Waals surface area contributed by atoms with Gasteiger partial charge in [-0.15, -0.1) is 0 Å². The van der Waals surface area contributed by atoms with Gasteiger partial charge in [-0.2, -0.15) is 0 Å². The first-order chi connectivity index (χ1) is 13.2. The topological polar surface area (TPSA) is 54.6 Å². The van der Waals surface area contributed by atoms with Crippen molar-refractivity contribution in [2.45, 2.75) is 37.2 Å². The average Bonchev–Trinajstić information content (AvgIpc) is 3.25. The summed E-state index contributed by atoms with van der Waals surface area (Å²) in [6, 6.07) is 12.4. The normalized spacial score (nSPS) is 21.2. The largest absolute Gasteiger partial charge is 0.382 e. The second-order valence-corrected chi connectivity index (χ2v) is 7.63. The van der Waals surface area contributed by atoms with Crippen molar-refractivity contribution in [3.05, 3.63) is 59.4 Å². The summed E-state index contributed by atoms with van der Waals surface area (Å²) in [5.74, 6) is 0.111. The molecular weight excluding hydrogens is 340 g/mol. The molecule has 27 heavy (non-hydrogen) atoms. The summed E-state index contributed by atoms with van der Waals surface area (Å²) in [4.78, 5) is 17.7. The van der Waals surface area contributed by atoms with Crippen molar-refractivity contribution in [2.24, 2.45) is 0 Å². The van der Waals surface area contributed by atoms with E-state index in [2.05, 4.69) is 29.2 Å².